The number of nitrogens with one attached hydrogen (secondary N) is 1. The molecule has 1 aromatic rings. The Balaban J connectivity index is 2.86. The summed E-state index contributed by atoms with van der Waals surface area (Å²) in [6.45, 7) is 4.20. The lowest BCUT2D eigenvalue weighted by Crippen LogP contribution is -2.38. The number of alkyl halides is 1. The van der Waals surface area contributed by atoms with E-state index in [1.807, 2.05) is 0 Å². The topological polar surface area (TPSA) is 47.6 Å². The first-order valence-corrected chi connectivity index (χ1v) is 7.74. The van der Waals surface area contributed by atoms with E-state index in [0.29, 0.717) is 23.0 Å². The average Bonchev–Trinajstić information content (AvgIpc) is 2.45. The monoisotopic (exact) mass is 343 g/mol. The van der Waals surface area contributed by atoms with Crippen LogP contribution in [0.4, 0.5) is 0 Å². The van der Waals surface area contributed by atoms with Crippen molar-refractivity contribution in [2.45, 2.75) is 26.3 Å². The molecule has 112 valence electrons. The van der Waals surface area contributed by atoms with E-state index in [-0.39, 0.29) is 11.9 Å². The van der Waals surface area contributed by atoms with Crippen molar-refractivity contribution in [2.75, 3.05) is 19.5 Å². The zero-order chi connectivity index (χ0) is 15.1. The van der Waals surface area contributed by atoms with Gasteiger partial charge in [0.05, 0.1) is 14.2 Å². The fourth-order valence-electron chi connectivity index (χ4n) is 1.92. The number of hydrogen-bond acceptors (Lipinski definition) is 3. The highest BCUT2D eigenvalue weighted by atomic mass is 79.9. The molecule has 1 aromatic carbocycles. The molecule has 5 heteroatoms. The van der Waals surface area contributed by atoms with Gasteiger partial charge in [0.1, 0.15) is 0 Å². The molecule has 1 amide bonds. The number of carbonyl (C=O) groups is 1. The van der Waals surface area contributed by atoms with Crippen LogP contribution >= 0.6 is 15.9 Å². The van der Waals surface area contributed by atoms with Crippen molar-refractivity contribution < 1.29 is 14.3 Å². The third-order valence-corrected chi connectivity index (χ3v) is 3.64. The summed E-state index contributed by atoms with van der Waals surface area (Å²) < 4.78 is 10.4. The van der Waals surface area contributed by atoms with Crippen LogP contribution in [0, 0.1) is 5.92 Å². The molecule has 1 atom stereocenters. The maximum atomic E-state index is 12.3. The Labute approximate surface area is 129 Å². The van der Waals surface area contributed by atoms with Crippen LogP contribution in [-0.4, -0.2) is 31.5 Å². The van der Waals surface area contributed by atoms with Gasteiger partial charge in [-0.1, -0.05) is 29.8 Å². The maximum absolute atomic E-state index is 12.3. The first-order valence-electron chi connectivity index (χ1n) is 6.62. The van der Waals surface area contributed by atoms with Gasteiger partial charge in [0, 0.05) is 16.9 Å². The highest BCUT2D eigenvalue weighted by molar-refractivity contribution is 9.09. The molecule has 0 saturated heterocycles. The SMILES string of the molecule is COc1ccc(C(=O)NC(CCBr)C(C)C)cc1OC. The molecule has 1 N–H and O–H groups in total. The molecule has 0 aliphatic carbocycles. The lowest BCUT2D eigenvalue weighted by Gasteiger charge is -2.21. The van der Waals surface area contributed by atoms with Crippen molar-refractivity contribution in [3.8, 4) is 11.5 Å². The molecule has 0 heterocycles. The Kier molecular flexibility index (Phi) is 6.85. The molecule has 0 aliphatic heterocycles. The molecule has 0 aliphatic rings. The number of benzene rings is 1. The van der Waals surface area contributed by atoms with Crippen molar-refractivity contribution in [2.24, 2.45) is 5.92 Å². The van der Waals surface area contributed by atoms with Crippen LogP contribution in [0.3, 0.4) is 0 Å². The molecule has 4 nitrogen and oxygen atoms in total. The van der Waals surface area contributed by atoms with Gasteiger partial charge in [-0.15, -0.1) is 0 Å². The number of methoxy groups -OCH3 is 2. The van der Waals surface area contributed by atoms with Gasteiger partial charge in [0.25, 0.3) is 5.91 Å². The maximum Gasteiger partial charge on any atom is 0.251 e. The highest BCUT2D eigenvalue weighted by Crippen LogP contribution is 2.27. The Morgan fingerprint density at radius 3 is 2.40 bits per heavy atom. The highest BCUT2D eigenvalue weighted by Gasteiger charge is 2.17. The van der Waals surface area contributed by atoms with Gasteiger partial charge < -0.3 is 14.8 Å². The minimum Gasteiger partial charge on any atom is -0.493 e. The number of rotatable bonds is 7. The van der Waals surface area contributed by atoms with Crippen LogP contribution < -0.4 is 14.8 Å². The molecule has 0 fully saturated rings. The molecular formula is C15H22BrNO3. The van der Waals surface area contributed by atoms with Crippen molar-refractivity contribution >= 4 is 21.8 Å². The van der Waals surface area contributed by atoms with Gasteiger partial charge in [-0.3, -0.25) is 4.79 Å². The molecule has 20 heavy (non-hydrogen) atoms. The Morgan fingerprint density at radius 2 is 1.90 bits per heavy atom. The van der Waals surface area contributed by atoms with Gasteiger partial charge in [-0.05, 0) is 30.5 Å². The smallest absolute Gasteiger partial charge is 0.251 e. The molecule has 0 aromatic heterocycles. The minimum absolute atomic E-state index is 0.0920. The molecular weight excluding hydrogens is 322 g/mol. The van der Waals surface area contributed by atoms with E-state index >= 15 is 0 Å². The quantitative estimate of drug-likeness (QED) is 0.773. The van der Waals surface area contributed by atoms with Crippen molar-refractivity contribution in [3.63, 3.8) is 0 Å². The van der Waals surface area contributed by atoms with E-state index in [0.717, 1.165) is 11.8 Å². The fourth-order valence-corrected chi connectivity index (χ4v) is 2.41. The Bertz CT molecular complexity index is 449. The molecule has 1 unspecified atom stereocenters. The Hall–Kier alpha value is -1.23. The third-order valence-electron chi connectivity index (χ3n) is 3.19. The second kappa shape index (κ2) is 8.15. The Morgan fingerprint density at radius 1 is 1.25 bits per heavy atom. The molecule has 0 spiro atoms. The third kappa shape index (κ3) is 4.40. The van der Waals surface area contributed by atoms with E-state index in [4.69, 9.17) is 9.47 Å². The molecule has 1 rings (SSSR count). The summed E-state index contributed by atoms with van der Waals surface area (Å²) in [5.74, 6) is 1.47. The first kappa shape index (κ1) is 16.8. The summed E-state index contributed by atoms with van der Waals surface area (Å²) in [6.07, 6.45) is 0.900. The van der Waals surface area contributed by atoms with Crippen LogP contribution in [0.5, 0.6) is 11.5 Å². The predicted molar refractivity (Wildman–Crippen MR) is 84.0 cm³/mol. The van der Waals surface area contributed by atoms with Crippen LogP contribution in [0.1, 0.15) is 30.6 Å². The van der Waals surface area contributed by atoms with Gasteiger partial charge >= 0.3 is 0 Å². The number of hydrogen-bond donors (Lipinski definition) is 1. The molecule has 0 saturated carbocycles. The summed E-state index contributed by atoms with van der Waals surface area (Å²) in [7, 11) is 3.13. The number of carbonyl (C=O) groups excluding carboxylic acids is 1. The second-order valence-electron chi connectivity index (χ2n) is 4.87. The molecule has 0 bridgehead atoms. The summed E-state index contributed by atoms with van der Waals surface area (Å²) in [5, 5.41) is 3.92. The van der Waals surface area contributed by atoms with E-state index in [1.54, 1.807) is 32.4 Å². The summed E-state index contributed by atoms with van der Waals surface area (Å²) in [4.78, 5) is 12.3. The minimum atomic E-state index is -0.0920. The number of amides is 1. The summed E-state index contributed by atoms with van der Waals surface area (Å²) >= 11 is 3.42. The van der Waals surface area contributed by atoms with Crippen LogP contribution in [0.15, 0.2) is 18.2 Å². The number of ether oxygens (including phenoxy) is 2. The van der Waals surface area contributed by atoms with Gasteiger partial charge in [-0.2, -0.15) is 0 Å². The van der Waals surface area contributed by atoms with E-state index in [9.17, 15) is 4.79 Å². The van der Waals surface area contributed by atoms with E-state index in [2.05, 4.69) is 35.1 Å². The van der Waals surface area contributed by atoms with Gasteiger partial charge in [0.15, 0.2) is 11.5 Å². The van der Waals surface area contributed by atoms with Crippen molar-refractivity contribution in [3.05, 3.63) is 23.8 Å². The summed E-state index contributed by atoms with van der Waals surface area (Å²) in [6, 6.07) is 5.32. The number of halogens is 1. The fraction of sp³-hybridized carbons (Fsp3) is 0.533. The normalized spacial score (nSPS) is 12.1. The van der Waals surface area contributed by atoms with Gasteiger partial charge in [-0.25, -0.2) is 0 Å². The van der Waals surface area contributed by atoms with Crippen LogP contribution in [0.2, 0.25) is 0 Å². The predicted octanol–water partition coefficient (Wildman–Crippen LogP) is 3.24. The standard InChI is InChI=1S/C15H22BrNO3/c1-10(2)12(7-8-16)17-15(18)11-5-6-13(19-3)14(9-11)20-4/h5-6,9-10,12H,7-8H2,1-4H3,(H,17,18). The van der Waals surface area contributed by atoms with Crippen LogP contribution in [-0.2, 0) is 0 Å². The zero-order valence-electron chi connectivity index (χ0n) is 12.4. The zero-order valence-corrected chi connectivity index (χ0v) is 14.0. The molecule has 0 radical (unpaired) electrons. The first-order chi connectivity index (χ1) is 9.53. The second-order valence-corrected chi connectivity index (χ2v) is 5.66. The van der Waals surface area contributed by atoms with Crippen LogP contribution in [0.25, 0.3) is 0 Å². The lowest BCUT2D eigenvalue weighted by atomic mass is 10.0. The van der Waals surface area contributed by atoms with Gasteiger partial charge in [0.2, 0.25) is 0 Å². The lowest BCUT2D eigenvalue weighted by molar-refractivity contribution is 0.0924. The largest absolute Gasteiger partial charge is 0.493 e. The van der Waals surface area contributed by atoms with E-state index < -0.39 is 0 Å². The van der Waals surface area contributed by atoms with E-state index in [1.165, 1.54) is 0 Å². The van der Waals surface area contributed by atoms with Crippen molar-refractivity contribution in [1.29, 1.82) is 0 Å². The summed E-state index contributed by atoms with van der Waals surface area (Å²) in [5.41, 5.74) is 0.572. The average molecular weight is 344 g/mol. The van der Waals surface area contributed by atoms with Crippen molar-refractivity contribution in [1.82, 2.24) is 5.32 Å².